The van der Waals surface area contributed by atoms with E-state index in [2.05, 4.69) is 24.8 Å². The first-order valence-electron chi connectivity index (χ1n) is 10.6. The summed E-state index contributed by atoms with van der Waals surface area (Å²) in [5.41, 5.74) is 2.03. The molecular formula is C23H32ClNO3. The van der Waals surface area contributed by atoms with Gasteiger partial charge in [-0.15, -0.1) is 12.4 Å². The zero-order valence-electron chi connectivity index (χ0n) is 17.1. The van der Waals surface area contributed by atoms with Crippen molar-refractivity contribution in [2.75, 3.05) is 20.2 Å². The first-order chi connectivity index (χ1) is 13.0. The number of fused-ring (bicyclic) bond motifs is 1. The van der Waals surface area contributed by atoms with Crippen molar-refractivity contribution in [2.45, 2.75) is 57.4 Å². The van der Waals surface area contributed by atoms with E-state index in [-0.39, 0.29) is 29.5 Å². The van der Waals surface area contributed by atoms with Crippen molar-refractivity contribution in [1.29, 1.82) is 0 Å². The zero-order valence-corrected chi connectivity index (χ0v) is 17.9. The van der Waals surface area contributed by atoms with E-state index in [1.54, 1.807) is 7.11 Å². The average molecular weight is 406 g/mol. The number of ketones is 1. The molecule has 4 aliphatic rings. The third-order valence-electron chi connectivity index (χ3n) is 8.28. The topological polar surface area (TPSA) is 49.8 Å². The maximum absolute atomic E-state index is 13.0. The summed E-state index contributed by atoms with van der Waals surface area (Å²) in [6, 6.07) is 4.51. The first-order valence-corrected chi connectivity index (χ1v) is 10.6. The number of rotatable bonds is 3. The number of carbonyl (C=O) groups is 1. The number of Topliss-reactive ketones (excluding diaryl/α,β-unsaturated/α-hetero) is 1. The minimum absolute atomic E-state index is 0. The smallest absolute Gasteiger partial charge is 0.161 e. The number of phenols is 1. The Morgan fingerprint density at radius 3 is 2.71 bits per heavy atom. The van der Waals surface area contributed by atoms with E-state index < -0.39 is 0 Å². The van der Waals surface area contributed by atoms with E-state index in [1.807, 2.05) is 6.07 Å². The molecule has 0 radical (unpaired) electrons. The summed E-state index contributed by atoms with van der Waals surface area (Å²) < 4.78 is 5.44. The molecule has 1 aromatic rings. The molecule has 0 amide bonds. The number of likely N-dealkylation sites (tertiary alicyclic amines) is 1. The van der Waals surface area contributed by atoms with Crippen LogP contribution in [-0.4, -0.2) is 42.0 Å². The lowest BCUT2D eigenvalue weighted by Crippen LogP contribution is -2.65. The van der Waals surface area contributed by atoms with Crippen LogP contribution < -0.4 is 4.74 Å². The third kappa shape index (κ3) is 2.71. The number of methoxy groups -OCH3 is 1. The van der Waals surface area contributed by atoms with Crippen LogP contribution in [0.25, 0.3) is 0 Å². The molecule has 1 aliphatic heterocycles. The van der Waals surface area contributed by atoms with Crippen LogP contribution in [0.1, 0.15) is 50.7 Å². The number of hydrogen-bond acceptors (Lipinski definition) is 4. The Labute approximate surface area is 174 Å². The Morgan fingerprint density at radius 2 is 2.04 bits per heavy atom. The van der Waals surface area contributed by atoms with Crippen molar-refractivity contribution in [1.82, 2.24) is 4.90 Å². The van der Waals surface area contributed by atoms with Gasteiger partial charge in [-0.1, -0.05) is 19.9 Å². The van der Waals surface area contributed by atoms with E-state index >= 15 is 0 Å². The molecule has 28 heavy (non-hydrogen) atoms. The van der Waals surface area contributed by atoms with Crippen LogP contribution in [0.15, 0.2) is 12.1 Å². The van der Waals surface area contributed by atoms with E-state index in [0.29, 0.717) is 35.8 Å². The number of ether oxygens (including phenoxy) is 1. The molecule has 1 N–H and O–H groups in total. The minimum atomic E-state index is -0.222. The molecule has 5 rings (SSSR count). The van der Waals surface area contributed by atoms with Crippen LogP contribution in [0, 0.1) is 23.7 Å². The van der Waals surface area contributed by atoms with Gasteiger partial charge in [0.25, 0.3) is 0 Å². The Hall–Kier alpha value is -1.26. The van der Waals surface area contributed by atoms with Crippen LogP contribution in [0.5, 0.6) is 11.5 Å². The van der Waals surface area contributed by atoms with Crippen LogP contribution in [-0.2, 0) is 16.6 Å². The van der Waals surface area contributed by atoms with Gasteiger partial charge < -0.3 is 9.84 Å². The number of halogens is 1. The van der Waals surface area contributed by atoms with Gasteiger partial charge >= 0.3 is 0 Å². The fourth-order valence-corrected chi connectivity index (χ4v) is 6.63. The van der Waals surface area contributed by atoms with E-state index in [9.17, 15) is 9.90 Å². The Bertz CT molecular complexity index is 792. The maximum atomic E-state index is 13.0. The lowest BCUT2D eigenvalue weighted by atomic mass is 9.47. The van der Waals surface area contributed by atoms with Gasteiger partial charge in [-0.2, -0.15) is 0 Å². The van der Waals surface area contributed by atoms with Crippen LogP contribution in [0.3, 0.4) is 0 Å². The van der Waals surface area contributed by atoms with Crippen LogP contribution >= 0.6 is 12.4 Å². The van der Waals surface area contributed by atoms with Gasteiger partial charge in [-0.3, -0.25) is 9.69 Å². The number of carbonyl (C=O) groups excluding carboxylic acids is 1. The largest absolute Gasteiger partial charge is 0.504 e. The minimum Gasteiger partial charge on any atom is -0.504 e. The summed E-state index contributed by atoms with van der Waals surface area (Å²) in [4.78, 5) is 15.7. The summed E-state index contributed by atoms with van der Waals surface area (Å²) in [5, 5.41) is 11.1. The predicted molar refractivity (Wildman–Crippen MR) is 111 cm³/mol. The number of nitrogens with zero attached hydrogens (tertiary/aromatic N) is 1. The van der Waals surface area contributed by atoms with Gasteiger partial charge in [0.1, 0.15) is 5.78 Å². The van der Waals surface area contributed by atoms with Crippen LogP contribution in [0.2, 0.25) is 0 Å². The molecule has 3 aliphatic carbocycles. The van der Waals surface area contributed by atoms with Crippen molar-refractivity contribution in [3.63, 3.8) is 0 Å². The van der Waals surface area contributed by atoms with Gasteiger partial charge in [0, 0.05) is 35.9 Å². The lowest BCUT2D eigenvalue weighted by Gasteiger charge is -2.61. The second-order valence-corrected chi connectivity index (χ2v) is 9.58. The Morgan fingerprint density at radius 1 is 1.29 bits per heavy atom. The summed E-state index contributed by atoms with van der Waals surface area (Å²) in [6.45, 7) is 6.64. The second-order valence-electron chi connectivity index (χ2n) is 9.58. The van der Waals surface area contributed by atoms with E-state index in [0.717, 1.165) is 30.9 Å². The molecule has 1 heterocycles. The summed E-state index contributed by atoms with van der Waals surface area (Å²) in [7, 11) is 1.61. The summed E-state index contributed by atoms with van der Waals surface area (Å²) in [6.07, 6.45) is 5.27. The molecule has 1 aromatic carbocycles. The molecule has 2 saturated carbocycles. The van der Waals surface area contributed by atoms with Gasteiger partial charge in [0.2, 0.25) is 0 Å². The van der Waals surface area contributed by atoms with Crippen molar-refractivity contribution < 1.29 is 14.6 Å². The van der Waals surface area contributed by atoms with Crippen molar-refractivity contribution in [2.24, 2.45) is 23.7 Å². The molecule has 2 bridgehead atoms. The standard InChI is InChI=1S/C23H31NO3.ClH/c1-13-14(2)20-17-10-16-6-7-19(27-3)22(26)21(16)23(20,11-18(13)25)8-9-24(17)12-15-4-5-15;/h6-7,13-15,17,20,26H,4-5,8-12H2,1-3H3;1H/t13-,14-,17+,20-,23-;/m0./s1. The molecule has 0 aromatic heterocycles. The van der Waals surface area contributed by atoms with Gasteiger partial charge in [-0.05, 0) is 61.6 Å². The molecule has 5 atom stereocenters. The number of phenolic OH excluding ortho intramolecular Hbond substituents is 1. The SMILES string of the molecule is COc1ccc2c(c1O)[C@]13CCN(CC4CC4)[C@H](C2)[C@@H]1[C@@H](C)[C@H](C)C(=O)C3.Cl. The Kier molecular flexibility index (Phi) is 4.95. The van der Waals surface area contributed by atoms with E-state index in [4.69, 9.17) is 4.74 Å². The van der Waals surface area contributed by atoms with E-state index in [1.165, 1.54) is 24.9 Å². The van der Waals surface area contributed by atoms with Gasteiger partial charge in [0.15, 0.2) is 11.5 Å². The molecule has 1 saturated heterocycles. The monoisotopic (exact) mass is 405 g/mol. The average Bonchev–Trinajstić information content (AvgIpc) is 3.46. The molecule has 0 spiro atoms. The third-order valence-corrected chi connectivity index (χ3v) is 8.28. The quantitative estimate of drug-likeness (QED) is 0.826. The van der Waals surface area contributed by atoms with Gasteiger partial charge in [-0.25, -0.2) is 0 Å². The van der Waals surface area contributed by atoms with Crippen molar-refractivity contribution >= 4 is 18.2 Å². The number of hydrogen-bond donors (Lipinski definition) is 1. The highest BCUT2D eigenvalue weighted by Crippen LogP contribution is 2.61. The van der Waals surface area contributed by atoms with Crippen molar-refractivity contribution in [3.05, 3.63) is 23.3 Å². The predicted octanol–water partition coefficient (Wildman–Crippen LogP) is 3.96. The molecule has 154 valence electrons. The number of piperidine rings is 1. The molecule has 5 heteroatoms. The van der Waals surface area contributed by atoms with Gasteiger partial charge in [0.05, 0.1) is 7.11 Å². The molecule has 4 nitrogen and oxygen atoms in total. The first kappa shape index (κ1) is 20.0. The second kappa shape index (κ2) is 6.91. The normalized spacial score (nSPS) is 36.9. The fourth-order valence-electron chi connectivity index (χ4n) is 6.63. The molecule has 0 unspecified atom stereocenters. The highest BCUT2D eigenvalue weighted by atomic mass is 35.5. The zero-order chi connectivity index (χ0) is 18.9. The highest BCUT2D eigenvalue weighted by Gasteiger charge is 2.60. The number of aromatic hydroxyl groups is 1. The summed E-state index contributed by atoms with van der Waals surface area (Å²) >= 11 is 0. The van der Waals surface area contributed by atoms with Crippen molar-refractivity contribution in [3.8, 4) is 11.5 Å². The fraction of sp³-hybridized carbons (Fsp3) is 0.696. The molecular weight excluding hydrogens is 374 g/mol. The highest BCUT2D eigenvalue weighted by molar-refractivity contribution is 5.85. The summed E-state index contributed by atoms with van der Waals surface area (Å²) in [5.74, 6) is 2.95. The Balaban J connectivity index is 0.00000192. The number of benzene rings is 1. The van der Waals surface area contributed by atoms with Crippen LogP contribution in [0.4, 0.5) is 0 Å². The molecule has 3 fully saturated rings. The maximum Gasteiger partial charge on any atom is 0.161 e. The lowest BCUT2D eigenvalue weighted by molar-refractivity contribution is -0.138.